The maximum Gasteiger partial charge on any atom is 0.430 e. The number of hydrogen-bond acceptors (Lipinski definition) is 5. The maximum atomic E-state index is 14.6. The summed E-state index contributed by atoms with van der Waals surface area (Å²) in [6.45, 7) is 1.26. The molecule has 4 heterocycles. The van der Waals surface area contributed by atoms with Crippen molar-refractivity contribution < 1.29 is 36.8 Å². The van der Waals surface area contributed by atoms with E-state index in [1.807, 2.05) is 4.57 Å². The molecule has 0 radical (unpaired) electrons. The van der Waals surface area contributed by atoms with Crippen LogP contribution in [0.2, 0.25) is 10.2 Å². The van der Waals surface area contributed by atoms with Gasteiger partial charge in [-0.3, -0.25) is 14.0 Å². The van der Waals surface area contributed by atoms with Gasteiger partial charge in [-0.1, -0.05) is 29.3 Å². The molecule has 2 N–H and O–H groups in total. The van der Waals surface area contributed by atoms with Gasteiger partial charge in [-0.2, -0.15) is 13.2 Å². The summed E-state index contributed by atoms with van der Waals surface area (Å²) in [4.78, 5) is 38.2. The fourth-order valence-electron chi connectivity index (χ4n) is 3.89. The molecule has 0 aliphatic carbocycles. The van der Waals surface area contributed by atoms with Gasteiger partial charge >= 0.3 is 10.9 Å². The van der Waals surface area contributed by atoms with Gasteiger partial charge in [0.1, 0.15) is 29.0 Å². The van der Waals surface area contributed by atoms with Crippen molar-refractivity contribution in [2.75, 3.05) is 6.54 Å². The van der Waals surface area contributed by atoms with Gasteiger partial charge in [0.25, 0.3) is 17.3 Å². The highest BCUT2D eigenvalue weighted by atomic mass is 79.9. The highest BCUT2D eigenvalue weighted by molar-refractivity contribution is 9.10. The summed E-state index contributed by atoms with van der Waals surface area (Å²) in [5.41, 5.74) is 1.28. The van der Waals surface area contributed by atoms with Crippen molar-refractivity contribution >= 4 is 56.5 Å². The lowest BCUT2D eigenvalue weighted by molar-refractivity contribution is -0.720. The molecular formula is C22H15BrCl2F4N6O4. The predicted octanol–water partition coefficient (Wildman–Crippen LogP) is 2.39. The molecule has 1 aromatic carbocycles. The first-order valence-electron chi connectivity index (χ1n) is 10.8. The summed E-state index contributed by atoms with van der Waals surface area (Å²) in [5, 5.41) is 16.2. The standard InChI is InChI=1S/C20H14BrCl2FN6O2.C2HF3O2/c21-20-27-26-16-9-28(3-4-29(16)20)19(32)12-6-10(1-2-14(12)24)5-11-8-25-18(31)15-7-13(22)17(23)30(11)15;3-2(4,5)1(6)7/h1-2,6-8H,3-5,9H2,(H,25,31);(H,6,7). The molecule has 206 valence electrons. The first-order valence-corrected chi connectivity index (χ1v) is 12.4. The highest BCUT2D eigenvalue weighted by Gasteiger charge is 2.30. The second-order valence-corrected chi connectivity index (χ2v) is 9.68. The average molecular weight is 654 g/mol. The van der Waals surface area contributed by atoms with Crippen LogP contribution in [0.3, 0.4) is 0 Å². The molecule has 1 aliphatic rings. The summed E-state index contributed by atoms with van der Waals surface area (Å²) >= 11 is 15.7. The molecule has 17 heteroatoms. The normalized spacial score (nSPS) is 13.2. The number of rotatable bonds is 3. The number of carbonyl (C=O) groups excluding carboxylic acids is 2. The number of amides is 1. The second kappa shape index (κ2) is 11.0. The van der Waals surface area contributed by atoms with Crippen LogP contribution in [-0.2, 0) is 24.3 Å². The zero-order valence-corrected chi connectivity index (χ0v) is 22.4. The van der Waals surface area contributed by atoms with Crippen LogP contribution in [0.15, 0.2) is 40.0 Å². The number of alkyl halides is 3. The first kappa shape index (κ1) is 28.6. The zero-order valence-electron chi connectivity index (χ0n) is 19.3. The Morgan fingerprint density at radius 2 is 1.92 bits per heavy atom. The second-order valence-electron chi connectivity index (χ2n) is 8.21. The van der Waals surface area contributed by atoms with Gasteiger partial charge in [0, 0.05) is 34.2 Å². The van der Waals surface area contributed by atoms with E-state index < -0.39 is 23.9 Å². The van der Waals surface area contributed by atoms with Crippen molar-refractivity contribution in [1.82, 2.24) is 24.5 Å². The lowest BCUT2D eigenvalue weighted by Gasteiger charge is -2.25. The molecule has 0 fully saturated rings. The quantitative estimate of drug-likeness (QED) is 0.259. The Morgan fingerprint density at radius 1 is 1.23 bits per heavy atom. The molecule has 10 nitrogen and oxygen atoms in total. The van der Waals surface area contributed by atoms with Crippen molar-refractivity contribution in [1.29, 1.82) is 0 Å². The van der Waals surface area contributed by atoms with Crippen LogP contribution in [0, 0.1) is 5.82 Å². The molecular weight excluding hydrogens is 639 g/mol. The summed E-state index contributed by atoms with van der Waals surface area (Å²) in [6.07, 6.45) is -3.37. The van der Waals surface area contributed by atoms with Gasteiger partial charge in [-0.05, 0) is 23.8 Å². The SMILES string of the molecule is O=C([O-])C(F)(F)F.O=C(c1cc(Cc2c[nH]c(=O)c3cc(Cl)c(Cl)n23)ccc1F)N1CC[n+]2c(Br)n[nH]c2C1. The minimum atomic E-state index is -5.19. The van der Waals surface area contributed by atoms with Crippen LogP contribution in [0.4, 0.5) is 17.6 Å². The Bertz CT molecular complexity index is 1650. The molecule has 1 aliphatic heterocycles. The Morgan fingerprint density at radius 3 is 2.59 bits per heavy atom. The van der Waals surface area contributed by atoms with Crippen molar-refractivity contribution in [3.8, 4) is 0 Å². The van der Waals surface area contributed by atoms with E-state index in [-0.39, 0.29) is 21.3 Å². The van der Waals surface area contributed by atoms with Crippen LogP contribution in [0.1, 0.15) is 27.4 Å². The molecule has 0 unspecified atom stereocenters. The van der Waals surface area contributed by atoms with Crippen LogP contribution in [0.25, 0.3) is 5.52 Å². The summed E-state index contributed by atoms with van der Waals surface area (Å²) in [5.74, 6) is -3.26. The summed E-state index contributed by atoms with van der Waals surface area (Å²) in [6, 6.07) is 5.88. The first-order chi connectivity index (χ1) is 18.3. The van der Waals surface area contributed by atoms with Crippen molar-refractivity contribution in [2.24, 2.45) is 0 Å². The topological polar surface area (TPSA) is 130 Å². The number of nitrogens with one attached hydrogen (secondary N) is 2. The monoisotopic (exact) mass is 652 g/mol. The number of fused-ring (bicyclic) bond motifs is 2. The lowest BCUT2D eigenvalue weighted by Crippen LogP contribution is -2.51. The molecule has 0 atom stereocenters. The van der Waals surface area contributed by atoms with Gasteiger partial charge in [0.15, 0.2) is 0 Å². The Balaban J connectivity index is 0.000000448. The minimum Gasteiger partial charge on any atom is -0.542 e. The van der Waals surface area contributed by atoms with Gasteiger partial charge in [-0.15, -0.1) is 5.10 Å². The van der Waals surface area contributed by atoms with Crippen LogP contribution in [0.5, 0.6) is 0 Å². The number of hydrogen-bond donors (Lipinski definition) is 2. The number of carboxylic acids is 1. The fraction of sp³-hybridized carbons (Fsp3) is 0.227. The average Bonchev–Trinajstić information content (AvgIpc) is 3.40. The van der Waals surface area contributed by atoms with Gasteiger partial charge in [0.05, 0.1) is 28.8 Å². The molecule has 0 saturated carbocycles. The predicted molar refractivity (Wildman–Crippen MR) is 130 cm³/mol. The van der Waals surface area contributed by atoms with E-state index in [1.54, 1.807) is 15.4 Å². The third-order valence-electron chi connectivity index (χ3n) is 5.71. The minimum absolute atomic E-state index is 0.0214. The number of H-pyrrole nitrogens is 2. The van der Waals surface area contributed by atoms with E-state index in [9.17, 15) is 27.2 Å². The number of nitrogens with zero attached hydrogens (tertiary/aromatic N) is 4. The third-order valence-corrected chi connectivity index (χ3v) is 7.08. The zero-order chi connectivity index (χ0) is 28.6. The number of aromatic amines is 2. The van der Waals surface area contributed by atoms with Crippen molar-refractivity contribution in [3.63, 3.8) is 0 Å². The molecule has 0 saturated heterocycles. The van der Waals surface area contributed by atoms with Crippen LogP contribution in [-0.4, -0.2) is 49.1 Å². The smallest absolute Gasteiger partial charge is 0.430 e. The highest BCUT2D eigenvalue weighted by Crippen LogP contribution is 2.27. The van der Waals surface area contributed by atoms with Gasteiger partial charge in [-0.25, -0.2) is 8.96 Å². The number of aliphatic carboxylic acids is 1. The summed E-state index contributed by atoms with van der Waals surface area (Å²) < 4.78 is 50.3. The van der Waals surface area contributed by atoms with E-state index in [0.29, 0.717) is 47.6 Å². The molecule has 4 aromatic rings. The maximum absolute atomic E-state index is 14.6. The van der Waals surface area contributed by atoms with Crippen LogP contribution < -0.4 is 15.2 Å². The third kappa shape index (κ3) is 5.94. The van der Waals surface area contributed by atoms with Gasteiger partial charge in [0.2, 0.25) is 0 Å². The number of carbonyl (C=O) groups is 2. The van der Waals surface area contributed by atoms with E-state index >= 15 is 0 Å². The molecule has 3 aromatic heterocycles. The Labute approximate surface area is 233 Å². The van der Waals surface area contributed by atoms with E-state index in [0.717, 1.165) is 5.82 Å². The van der Waals surface area contributed by atoms with Crippen molar-refractivity contribution in [3.05, 3.63) is 84.2 Å². The lowest BCUT2D eigenvalue weighted by atomic mass is 10.0. The number of halogens is 7. The van der Waals surface area contributed by atoms with Crippen molar-refractivity contribution in [2.45, 2.75) is 25.7 Å². The van der Waals surface area contributed by atoms with Crippen LogP contribution >= 0.6 is 39.1 Å². The Hall–Kier alpha value is -3.43. The number of benzene rings is 1. The molecule has 39 heavy (non-hydrogen) atoms. The molecule has 0 bridgehead atoms. The van der Waals surface area contributed by atoms with Gasteiger partial charge < -0.3 is 19.8 Å². The fourth-order valence-corrected chi connectivity index (χ4v) is 4.81. The summed E-state index contributed by atoms with van der Waals surface area (Å²) in [7, 11) is 0. The Kier molecular flexibility index (Phi) is 8.04. The van der Waals surface area contributed by atoms with E-state index in [2.05, 4.69) is 31.1 Å². The molecule has 0 spiro atoms. The van der Waals surface area contributed by atoms with E-state index in [4.69, 9.17) is 33.1 Å². The largest absolute Gasteiger partial charge is 0.542 e. The van der Waals surface area contributed by atoms with E-state index in [1.165, 1.54) is 24.4 Å². The number of aromatic nitrogens is 5. The molecule has 1 amide bonds. The molecule has 5 rings (SSSR count). The number of carboxylic acid groups (broad SMARTS) is 1.